The van der Waals surface area contributed by atoms with E-state index in [2.05, 4.69) is 29.5 Å². The molecule has 166 valence electrons. The van der Waals surface area contributed by atoms with E-state index in [9.17, 15) is 4.79 Å². The van der Waals surface area contributed by atoms with E-state index in [0.29, 0.717) is 25.1 Å². The highest BCUT2D eigenvalue weighted by molar-refractivity contribution is 14.0. The zero-order valence-corrected chi connectivity index (χ0v) is 20.5. The summed E-state index contributed by atoms with van der Waals surface area (Å²) in [5.74, 6) is 1.34. The first-order chi connectivity index (χ1) is 13.1. The molecule has 1 aliphatic rings. The average Bonchev–Trinajstić information content (AvgIpc) is 3.18. The molecular formula is C20H41IN4O3. The molecule has 8 heteroatoms. The molecule has 2 N–H and O–H groups in total. The molecular weight excluding hydrogens is 471 g/mol. The first-order valence-corrected chi connectivity index (χ1v) is 10.5. The van der Waals surface area contributed by atoms with Crippen molar-refractivity contribution in [3.8, 4) is 0 Å². The lowest BCUT2D eigenvalue weighted by molar-refractivity contribution is -0.127. The molecule has 1 rings (SSSR count). The maximum absolute atomic E-state index is 11.8. The van der Waals surface area contributed by atoms with Crippen molar-refractivity contribution in [3.63, 3.8) is 0 Å². The van der Waals surface area contributed by atoms with Crippen molar-refractivity contribution in [2.75, 3.05) is 53.6 Å². The first-order valence-electron chi connectivity index (χ1n) is 10.5. The molecule has 0 aliphatic carbocycles. The van der Waals surface area contributed by atoms with Gasteiger partial charge in [-0.05, 0) is 25.2 Å². The minimum absolute atomic E-state index is 0. The fourth-order valence-electron chi connectivity index (χ4n) is 2.82. The smallest absolute Gasteiger partial charge is 0.243 e. The number of carbonyl (C=O) groups excluding carboxylic acids is 1. The molecule has 0 aromatic rings. The van der Waals surface area contributed by atoms with E-state index >= 15 is 0 Å². The number of ether oxygens (including phenoxy) is 2. The Morgan fingerprint density at radius 3 is 2.68 bits per heavy atom. The first kappa shape index (κ1) is 27.4. The largest absolute Gasteiger partial charge is 0.379 e. The molecule has 2 unspecified atom stereocenters. The van der Waals surface area contributed by atoms with Crippen LogP contribution in [0.2, 0.25) is 0 Å². The van der Waals surface area contributed by atoms with Crippen LogP contribution in [-0.4, -0.2) is 76.4 Å². The number of hydrogen-bond donors (Lipinski definition) is 2. The van der Waals surface area contributed by atoms with Crippen molar-refractivity contribution in [1.29, 1.82) is 0 Å². The minimum Gasteiger partial charge on any atom is -0.379 e. The Labute approximate surface area is 188 Å². The van der Waals surface area contributed by atoms with Gasteiger partial charge in [0, 0.05) is 40.4 Å². The number of halogens is 1. The van der Waals surface area contributed by atoms with E-state index in [4.69, 9.17) is 9.47 Å². The normalized spacial score (nSPS) is 17.7. The van der Waals surface area contributed by atoms with Crippen molar-refractivity contribution < 1.29 is 14.3 Å². The van der Waals surface area contributed by atoms with Gasteiger partial charge < -0.3 is 25.0 Å². The summed E-state index contributed by atoms with van der Waals surface area (Å²) in [6.45, 7) is 8.48. The third kappa shape index (κ3) is 12.8. The van der Waals surface area contributed by atoms with Crippen LogP contribution in [0.15, 0.2) is 4.99 Å². The monoisotopic (exact) mass is 512 g/mol. The highest BCUT2D eigenvalue weighted by Crippen LogP contribution is 2.11. The van der Waals surface area contributed by atoms with E-state index in [1.165, 1.54) is 19.3 Å². The summed E-state index contributed by atoms with van der Waals surface area (Å²) in [5.41, 5.74) is 0. The van der Waals surface area contributed by atoms with Crippen LogP contribution in [0.5, 0.6) is 0 Å². The molecule has 2 atom stereocenters. The molecule has 1 heterocycles. The lowest BCUT2D eigenvalue weighted by Gasteiger charge is -2.19. The predicted molar refractivity (Wildman–Crippen MR) is 126 cm³/mol. The maximum atomic E-state index is 11.8. The molecule has 0 radical (unpaired) electrons. The fourth-order valence-corrected chi connectivity index (χ4v) is 2.82. The molecule has 0 saturated carbocycles. The van der Waals surface area contributed by atoms with Crippen LogP contribution in [0.1, 0.15) is 52.4 Å². The third-order valence-corrected chi connectivity index (χ3v) is 4.83. The Morgan fingerprint density at radius 2 is 2.07 bits per heavy atom. The lowest BCUT2D eigenvalue weighted by atomic mass is 9.99. The van der Waals surface area contributed by atoms with Crippen LogP contribution in [-0.2, 0) is 14.3 Å². The Morgan fingerprint density at radius 1 is 1.29 bits per heavy atom. The van der Waals surface area contributed by atoms with E-state index in [-0.39, 0.29) is 42.5 Å². The van der Waals surface area contributed by atoms with Crippen molar-refractivity contribution in [3.05, 3.63) is 0 Å². The summed E-state index contributed by atoms with van der Waals surface area (Å²) < 4.78 is 11.1. The van der Waals surface area contributed by atoms with Gasteiger partial charge in [0.25, 0.3) is 0 Å². The van der Waals surface area contributed by atoms with Gasteiger partial charge in [-0.25, -0.2) is 4.99 Å². The van der Waals surface area contributed by atoms with Gasteiger partial charge in [-0.2, -0.15) is 0 Å². The van der Waals surface area contributed by atoms with E-state index in [0.717, 1.165) is 39.0 Å². The number of unbranched alkanes of at least 4 members (excludes halogenated alkanes) is 1. The molecule has 1 amide bonds. The lowest BCUT2D eigenvalue weighted by Crippen LogP contribution is -2.41. The minimum atomic E-state index is -0.00121. The second-order valence-corrected chi connectivity index (χ2v) is 7.39. The molecule has 0 spiro atoms. The van der Waals surface area contributed by atoms with Gasteiger partial charge >= 0.3 is 0 Å². The molecule has 1 fully saturated rings. The number of amides is 1. The number of hydrogen-bond acceptors (Lipinski definition) is 4. The number of likely N-dealkylation sites (N-methyl/N-ethyl adjacent to an activating group) is 1. The summed E-state index contributed by atoms with van der Waals surface area (Å²) in [6, 6.07) is 0. The van der Waals surface area contributed by atoms with Crippen molar-refractivity contribution >= 4 is 35.8 Å². The molecule has 28 heavy (non-hydrogen) atoms. The van der Waals surface area contributed by atoms with Gasteiger partial charge in [-0.3, -0.25) is 4.79 Å². The van der Waals surface area contributed by atoms with Crippen LogP contribution >= 0.6 is 24.0 Å². The summed E-state index contributed by atoms with van der Waals surface area (Å²) in [6.07, 6.45) is 6.98. The summed E-state index contributed by atoms with van der Waals surface area (Å²) in [4.78, 5) is 17.9. The van der Waals surface area contributed by atoms with E-state index in [1.54, 1.807) is 19.0 Å². The number of rotatable bonds is 13. The molecule has 0 aromatic carbocycles. The van der Waals surface area contributed by atoms with E-state index < -0.39 is 0 Å². The Balaban J connectivity index is 0.00000729. The van der Waals surface area contributed by atoms with Crippen LogP contribution in [0.3, 0.4) is 0 Å². The number of nitrogens with one attached hydrogen (secondary N) is 2. The second kappa shape index (κ2) is 17.3. The quantitative estimate of drug-likeness (QED) is 0.172. The van der Waals surface area contributed by atoms with Gasteiger partial charge in [0.2, 0.25) is 5.91 Å². The highest BCUT2D eigenvalue weighted by Gasteiger charge is 2.15. The molecule has 0 bridgehead atoms. The second-order valence-electron chi connectivity index (χ2n) is 7.39. The molecule has 7 nitrogen and oxygen atoms in total. The Kier molecular flexibility index (Phi) is 16.9. The van der Waals surface area contributed by atoms with Crippen LogP contribution < -0.4 is 10.6 Å². The summed E-state index contributed by atoms with van der Waals surface area (Å²) in [7, 11) is 3.50. The maximum Gasteiger partial charge on any atom is 0.243 e. The zero-order chi connectivity index (χ0) is 19.9. The van der Waals surface area contributed by atoms with Crippen LogP contribution in [0.4, 0.5) is 0 Å². The third-order valence-electron chi connectivity index (χ3n) is 4.83. The van der Waals surface area contributed by atoms with Crippen LogP contribution in [0, 0.1) is 5.92 Å². The number of guanidine groups is 1. The standard InChI is InChI=1S/C20H40N4O3.HI/c1-5-7-9-17(6-2)14-22-20(23-15-19(25)24(3)4)21-11-8-12-27-18-10-13-26-16-18;/h17-18H,5-16H2,1-4H3,(H2,21,22,23);1H. The van der Waals surface area contributed by atoms with Gasteiger partial charge in [0.05, 0.1) is 12.7 Å². The van der Waals surface area contributed by atoms with Crippen LogP contribution in [0.25, 0.3) is 0 Å². The van der Waals surface area contributed by atoms with Crippen molar-refractivity contribution in [2.24, 2.45) is 10.9 Å². The number of carbonyl (C=O) groups is 1. The van der Waals surface area contributed by atoms with Gasteiger partial charge in [0.15, 0.2) is 5.96 Å². The molecule has 0 aromatic heterocycles. The average molecular weight is 512 g/mol. The van der Waals surface area contributed by atoms with Gasteiger partial charge in [0.1, 0.15) is 6.54 Å². The molecule has 1 saturated heterocycles. The fraction of sp³-hybridized carbons (Fsp3) is 0.900. The summed E-state index contributed by atoms with van der Waals surface area (Å²) in [5, 5.41) is 6.75. The van der Waals surface area contributed by atoms with Crippen molar-refractivity contribution in [2.45, 2.75) is 58.5 Å². The predicted octanol–water partition coefficient (Wildman–Crippen LogP) is 2.64. The van der Waals surface area contributed by atoms with Crippen molar-refractivity contribution in [1.82, 2.24) is 15.5 Å². The Hall–Kier alpha value is -0.610. The molecule has 1 aliphatic heterocycles. The summed E-state index contributed by atoms with van der Waals surface area (Å²) >= 11 is 0. The topological polar surface area (TPSA) is 75.2 Å². The van der Waals surface area contributed by atoms with E-state index in [1.807, 2.05) is 0 Å². The van der Waals surface area contributed by atoms with Gasteiger partial charge in [-0.15, -0.1) is 24.0 Å². The number of nitrogens with zero attached hydrogens (tertiary/aromatic N) is 2. The SMILES string of the molecule is CCCCC(CC)CNC(=NCC(=O)N(C)C)NCCCOC1CCOC1.I. The Bertz CT molecular complexity index is 430. The zero-order valence-electron chi connectivity index (χ0n) is 18.2. The van der Waals surface area contributed by atoms with Gasteiger partial charge in [-0.1, -0.05) is 33.1 Å². The number of aliphatic imine (C=N–C) groups is 1. The highest BCUT2D eigenvalue weighted by atomic mass is 127.